The number of aromatic nitrogens is 1. The quantitative estimate of drug-likeness (QED) is 0.204. The van der Waals surface area contributed by atoms with E-state index in [2.05, 4.69) is 109 Å². The highest BCUT2D eigenvalue weighted by atomic mass is 16.3. The minimum atomic E-state index is -2.52. The number of fused-ring (bicyclic) bond motifs is 3. The average Bonchev–Trinajstić information content (AvgIpc) is 3.41. The van der Waals surface area contributed by atoms with Crippen molar-refractivity contribution in [2.45, 2.75) is 72.6 Å². The van der Waals surface area contributed by atoms with Gasteiger partial charge >= 0.3 is 0 Å². The predicted octanol–water partition coefficient (Wildman–Crippen LogP) is 11.7. The number of hydrogen-bond donors (Lipinski definition) is 0. The molecule has 220 valence electrons. The molecule has 0 aliphatic carbocycles. The van der Waals surface area contributed by atoms with Gasteiger partial charge in [0.05, 0.1) is 17.3 Å². The summed E-state index contributed by atoms with van der Waals surface area (Å²) in [5.74, 6) is 0.821. The highest BCUT2D eigenvalue weighted by Crippen LogP contribution is 2.43. The second-order valence-corrected chi connectivity index (χ2v) is 13.3. The second-order valence-electron chi connectivity index (χ2n) is 13.3. The predicted molar refractivity (Wildman–Crippen MR) is 184 cm³/mol. The molecule has 0 spiro atoms. The molecule has 0 fully saturated rings. The first kappa shape index (κ1) is 25.8. The van der Waals surface area contributed by atoms with Crippen LogP contribution in [0.2, 0.25) is 0 Å². The zero-order valence-electron chi connectivity index (χ0n) is 29.5. The number of benzene rings is 4. The van der Waals surface area contributed by atoms with Crippen LogP contribution in [0, 0.1) is 18.2 Å². The van der Waals surface area contributed by atoms with E-state index >= 15 is 0 Å². The van der Waals surface area contributed by atoms with Gasteiger partial charge < -0.3 is 4.42 Å². The van der Waals surface area contributed by atoms with Crippen molar-refractivity contribution in [2.75, 3.05) is 0 Å². The molecular formula is C41H40N2O. The number of rotatable bonds is 5. The lowest BCUT2D eigenvalue weighted by Gasteiger charge is -2.21. The van der Waals surface area contributed by atoms with Gasteiger partial charge in [0.15, 0.2) is 0 Å². The van der Waals surface area contributed by atoms with E-state index < -0.39 is 6.85 Å². The van der Waals surface area contributed by atoms with Crippen LogP contribution in [-0.4, -0.2) is 4.98 Å². The van der Waals surface area contributed by atoms with Gasteiger partial charge in [-0.1, -0.05) is 97.0 Å². The fourth-order valence-corrected chi connectivity index (χ4v) is 6.33. The SMILES string of the molecule is [2H]C([2H])([2H])c1c(C#N)ccc2c1oc1c(-c3cc(-c4ccc(-c5c(C(C)C)cccc5C(C)C)cc4)ccn3)ccc(C(C)(C)C)c12. The molecule has 0 aliphatic rings. The van der Waals surface area contributed by atoms with Gasteiger partial charge in [-0.2, -0.15) is 5.26 Å². The molecule has 3 nitrogen and oxygen atoms in total. The first-order valence-electron chi connectivity index (χ1n) is 16.8. The molecule has 0 saturated heterocycles. The highest BCUT2D eigenvalue weighted by molar-refractivity contribution is 6.12. The van der Waals surface area contributed by atoms with Gasteiger partial charge in [0.1, 0.15) is 11.2 Å². The maximum atomic E-state index is 9.78. The van der Waals surface area contributed by atoms with Crippen molar-refractivity contribution in [3.05, 3.63) is 113 Å². The third kappa shape index (κ3) is 4.99. The Morgan fingerprint density at radius 3 is 2.09 bits per heavy atom. The van der Waals surface area contributed by atoms with Gasteiger partial charge in [0, 0.05) is 32.2 Å². The Morgan fingerprint density at radius 2 is 1.48 bits per heavy atom. The molecule has 2 heterocycles. The van der Waals surface area contributed by atoms with E-state index in [0.29, 0.717) is 22.8 Å². The van der Waals surface area contributed by atoms with E-state index in [1.165, 1.54) is 22.3 Å². The molecule has 0 saturated carbocycles. The first-order valence-corrected chi connectivity index (χ1v) is 15.3. The summed E-state index contributed by atoms with van der Waals surface area (Å²) in [7, 11) is 0. The Morgan fingerprint density at radius 1 is 0.795 bits per heavy atom. The molecule has 6 aromatic rings. The number of hydrogen-bond acceptors (Lipinski definition) is 3. The van der Waals surface area contributed by atoms with Crippen LogP contribution in [0.4, 0.5) is 0 Å². The lowest BCUT2D eigenvalue weighted by Crippen LogP contribution is -2.11. The number of nitriles is 1. The Kier molecular flexibility index (Phi) is 6.51. The third-order valence-electron chi connectivity index (χ3n) is 8.63. The Balaban J connectivity index is 1.51. The smallest absolute Gasteiger partial charge is 0.145 e. The molecule has 2 aromatic heterocycles. The van der Waals surface area contributed by atoms with Crippen molar-refractivity contribution < 1.29 is 8.53 Å². The molecule has 4 aromatic carbocycles. The average molecular weight is 580 g/mol. The van der Waals surface area contributed by atoms with Gasteiger partial charge in [0.2, 0.25) is 0 Å². The van der Waals surface area contributed by atoms with E-state index in [1.807, 2.05) is 18.2 Å². The van der Waals surface area contributed by atoms with Gasteiger partial charge in [-0.05, 0) is 93.4 Å². The van der Waals surface area contributed by atoms with E-state index in [4.69, 9.17) is 13.5 Å². The summed E-state index contributed by atoms with van der Waals surface area (Å²) in [5.41, 5.74) is 10.4. The van der Waals surface area contributed by atoms with Gasteiger partial charge in [-0.25, -0.2) is 0 Å². The summed E-state index contributed by atoms with van der Waals surface area (Å²) in [4.78, 5) is 4.76. The standard InChI is InChI=1S/C41H40N2O/c1-24(2)31-10-9-11-32(25(3)4)37(31)28-14-12-27(13-15-28)29-20-21-43-36(22-29)33-18-19-35(41(6,7)8)38-34-17-16-30(23-42)26(5)39(34)44-40(33)38/h9-22,24-25H,1-8H3/i5D3. The van der Waals surface area contributed by atoms with Crippen LogP contribution in [0.1, 0.15) is 92.2 Å². The largest absolute Gasteiger partial charge is 0.455 e. The normalized spacial score (nSPS) is 13.3. The third-order valence-corrected chi connectivity index (χ3v) is 8.63. The molecule has 0 bridgehead atoms. The highest BCUT2D eigenvalue weighted by Gasteiger charge is 2.25. The van der Waals surface area contributed by atoms with E-state index in [9.17, 15) is 5.26 Å². The maximum Gasteiger partial charge on any atom is 0.145 e. The number of aryl methyl sites for hydroxylation is 1. The van der Waals surface area contributed by atoms with Crippen LogP contribution in [-0.2, 0) is 5.41 Å². The molecule has 3 heteroatoms. The van der Waals surface area contributed by atoms with Crippen LogP contribution in [0.15, 0.2) is 89.5 Å². The summed E-state index contributed by atoms with van der Waals surface area (Å²) in [5, 5.41) is 11.3. The summed E-state index contributed by atoms with van der Waals surface area (Å²) in [6.45, 7) is 12.8. The zero-order valence-corrected chi connectivity index (χ0v) is 26.5. The minimum Gasteiger partial charge on any atom is -0.455 e. The minimum absolute atomic E-state index is 0.0547. The van der Waals surface area contributed by atoms with Crippen LogP contribution >= 0.6 is 0 Å². The van der Waals surface area contributed by atoms with E-state index in [0.717, 1.165) is 33.3 Å². The lowest BCUT2D eigenvalue weighted by molar-refractivity contribution is 0.595. The molecule has 0 unspecified atom stereocenters. The summed E-state index contributed by atoms with van der Waals surface area (Å²) in [6.07, 6.45) is 1.80. The Labute approximate surface area is 265 Å². The molecule has 0 N–H and O–H groups in total. The van der Waals surface area contributed by atoms with Crippen molar-refractivity contribution in [3.8, 4) is 39.6 Å². The van der Waals surface area contributed by atoms with Crippen molar-refractivity contribution >= 4 is 21.9 Å². The Hall–Kier alpha value is -4.68. The van der Waals surface area contributed by atoms with E-state index in [1.54, 1.807) is 12.3 Å². The van der Waals surface area contributed by atoms with Crippen LogP contribution in [0.3, 0.4) is 0 Å². The zero-order chi connectivity index (χ0) is 33.8. The van der Waals surface area contributed by atoms with Crippen molar-refractivity contribution in [2.24, 2.45) is 0 Å². The van der Waals surface area contributed by atoms with Crippen molar-refractivity contribution in [3.63, 3.8) is 0 Å². The lowest BCUT2D eigenvalue weighted by atomic mass is 9.83. The first-order chi connectivity index (χ1) is 22.2. The molecule has 0 aliphatic heterocycles. The van der Waals surface area contributed by atoms with Crippen LogP contribution in [0.25, 0.3) is 55.4 Å². The fourth-order valence-electron chi connectivity index (χ4n) is 6.33. The molecule has 6 rings (SSSR count). The fraction of sp³-hybridized carbons (Fsp3) is 0.268. The van der Waals surface area contributed by atoms with Gasteiger partial charge in [-0.15, -0.1) is 0 Å². The second kappa shape index (κ2) is 11.1. The number of nitrogens with zero attached hydrogens (tertiary/aromatic N) is 2. The van der Waals surface area contributed by atoms with E-state index in [-0.39, 0.29) is 22.1 Å². The topological polar surface area (TPSA) is 49.8 Å². The van der Waals surface area contributed by atoms with Crippen LogP contribution < -0.4 is 0 Å². The molecule has 44 heavy (non-hydrogen) atoms. The summed E-state index contributed by atoms with van der Waals surface area (Å²) < 4.78 is 31.2. The molecule has 0 atom stereocenters. The number of furan rings is 1. The number of pyridine rings is 1. The molecule has 0 amide bonds. The van der Waals surface area contributed by atoms with Crippen molar-refractivity contribution in [1.82, 2.24) is 4.98 Å². The van der Waals surface area contributed by atoms with Crippen molar-refractivity contribution in [1.29, 1.82) is 5.26 Å². The van der Waals surface area contributed by atoms with Gasteiger partial charge in [-0.3, -0.25) is 4.98 Å². The maximum absolute atomic E-state index is 9.78. The monoisotopic (exact) mass is 579 g/mol. The summed E-state index contributed by atoms with van der Waals surface area (Å²) >= 11 is 0. The summed E-state index contributed by atoms with van der Waals surface area (Å²) in [6, 6.07) is 29.0. The Bertz CT molecular complexity index is 2150. The van der Waals surface area contributed by atoms with Crippen LogP contribution in [0.5, 0.6) is 0 Å². The molecule has 0 radical (unpaired) electrons. The molecular weight excluding hydrogens is 536 g/mol. The van der Waals surface area contributed by atoms with Gasteiger partial charge in [0.25, 0.3) is 0 Å².